The molecule has 0 bridgehead atoms. The van der Waals surface area contributed by atoms with E-state index in [2.05, 4.69) is 95.1 Å². The smallest absolute Gasteiger partial charge is 0.0597 e. The molecule has 2 nitrogen and oxygen atoms in total. The minimum Gasteiger partial charge on any atom is -0.393 e. The van der Waals surface area contributed by atoms with E-state index in [0.717, 1.165) is 49.9 Å². The summed E-state index contributed by atoms with van der Waals surface area (Å²) >= 11 is 0. The van der Waals surface area contributed by atoms with Gasteiger partial charge in [-0.05, 0) is 115 Å². The largest absolute Gasteiger partial charge is 0.393 e. The molecular formula is C37H68O2. The van der Waals surface area contributed by atoms with Crippen LogP contribution < -0.4 is 0 Å². The van der Waals surface area contributed by atoms with Crippen LogP contribution in [0, 0.1) is 57.7 Å². The van der Waals surface area contributed by atoms with Crippen LogP contribution in [-0.4, -0.2) is 22.4 Å². The minimum absolute atomic E-state index is 0.117. The van der Waals surface area contributed by atoms with Crippen molar-refractivity contribution >= 4 is 0 Å². The number of hydrogen-bond donors (Lipinski definition) is 2. The highest BCUT2D eigenvalue weighted by Gasteiger charge is 2.39. The first-order valence-corrected chi connectivity index (χ1v) is 16.1. The van der Waals surface area contributed by atoms with E-state index in [1.807, 2.05) is 12.2 Å². The fraction of sp³-hybridized carbons (Fsp3) is 0.838. The Morgan fingerprint density at radius 2 is 0.897 bits per heavy atom. The maximum absolute atomic E-state index is 9.95. The van der Waals surface area contributed by atoms with Crippen LogP contribution >= 0.6 is 0 Å². The van der Waals surface area contributed by atoms with Gasteiger partial charge in [-0.2, -0.15) is 0 Å². The molecule has 3 aliphatic rings. The molecule has 3 saturated carbocycles. The van der Waals surface area contributed by atoms with Crippen LogP contribution in [0.2, 0.25) is 0 Å². The summed E-state index contributed by atoms with van der Waals surface area (Å²) in [6.45, 7) is 34.4. The molecule has 228 valence electrons. The Morgan fingerprint density at radius 3 is 1.36 bits per heavy atom. The van der Waals surface area contributed by atoms with E-state index in [0.29, 0.717) is 39.9 Å². The van der Waals surface area contributed by atoms with Crippen LogP contribution in [0.25, 0.3) is 0 Å². The number of allylic oxidation sites excluding steroid dienone is 3. The van der Waals surface area contributed by atoms with Gasteiger partial charge < -0.3 is 10.2 Å². The molecule has 0 radical (unpaired) electrons. The molecule has 3 rings (SSSR count). The average Bonchev–Trinajstić information content (AvgIpc) is 2.79. The molecule has 0 heterocycles. The number of aliphatic hydroxyl groups excluding tert-OH is 2. The second kappa shape index (κ2) is 15.4. The van der Waals surface area contributed by atoms with Crippen molar-refractivity contribution in [3.05, 3.63) is 38.0 Å². The summed E-state index contributed by atoms with van der Waals surface area (Å²) in [4.78, 5) is 0. The topological polar surface area (TPSA) is 40.5 Å². The first kappa shape index (κ1) is 36.2. The van der Waals surface area contributed by atoms with Crippen LogP contribution in [-0.2, 0) is 0 Å². The zero-order chi connectivity index (χ0) is 30.2. The van der Waals surface area contributed by atoms with Gasteiger partial charge in [-0.25, -0.2) is 0 Å². The van der Waals surface area contributed by atoms with Crippen molar-refractivity contribution in [1.82, 2.24) is 0 Å². The van der Waals surface area contributed by atoms with Crippen molar-refractivity contribution in [3.8, 4) is 0 Å². The normalized spacial score (nSPS) is 38.6. The summed E-state index contributed by atoms with van der Waals surface area (Å²) in [6, 6.07) is 0. The lowest BCUT2D eigenvalue weighted by molar-refractivity contribution is -0.0202. The van der Waals surface area contributed by atoms with Gasteiger partial charge in [0.2, 0.25) is 0 Å². The molecular weight excluding hydrogens is 476 g/mol. The summed E-state index contributed by atoms with van der Waals surface area (Å²) in [5.41, 5.74) is 1.26. The second-order valence-electron chi connectivity index (χ2n) is 16.3. The third kappa shape index (κ3) is 11.9. The number of hydrogen-bond acceptors (Lipinski definition) is 2. The predicted octanol–water partition coefficient (Wildman–Crippen LogP) is 10.3. The number of rotatable bonds is 6. The third-order valence-corrected chi connectivity index (χ3v) is 10.4. The molecule has 39 heavy (non-hydrogen) atoms. The lowest BCUT2D eigenvalue weighted by atomic mass is 9.62. The lowest BCUT2D eigenvalue weighted by Gasteiger charge is -2.43. The zero-order valence-corrected chi connectivity index (χ0v) is 27.8. The Morgan fingerprint density at radius 1 is 0.538 bits per heavy atom. The van der Waals surface area contributed by atoms with Crippen molar-refractivity contribution in [2.45, 2.75) is 139 Å². The Kier molecular flexibility index (Phi) is 14.3. The Hall–Kier alpha value is -0.860. The van der Waals surface area contributed by atoms with Crippen LogP contribution in [0.4, 0.5) is 0 Å². The third-order valence-electron chi connectivity index (χ3n) is 10.4. The Bertz CT molecular complexity index is 647. The fourth-order valence-corrected chi connectivity index (χ4v) is 8.38. The van der Waals surface area contributed by atoms with Crippen LogP contribution in [0.5, 0.6) is 0 Å². The fourth-order valence-electron chi connectivity index (χ4n) is 8.38. The summed E-state index contributed by atoms with van der Waals surface area (Å²) in [6.07, 6.45) is 16.2. The summed E-state index contributed by atoms with van der Waals surface area (Å²) in [5, 5.41) is 19.8. The molecule has 2 heteroatoms. The van der Waals surface area contributed by atoms with E-state index >= 15 is 0 Å². The average molecular weight is 545 g/mol. The van der Waals surface area contributed by atoms with Gasteiger partial charge in [0.1, 0.15) is 0 Å². The predicted molar refractivity (Wildman–Crippen MR) is 173 cm³/mol. The highest BCUT2D eigenvalue weighted by molar-refractivity contribution is 4.93. The van der Waals surface area contributed by atoms with Crippen LogP contribution in [0.1, 0.15) is 127 Å². The van der Waals surface area contributed by atoms with Crippen molar-refractivity contribution in [2.24, 2.45) is 57.7 Å². The first-order valence-electron chi connectivity index (χ1n) is 16.1. The van der Waals surface area contributed by atoms with Crippen molar-refractivity contribution in [1.29, 1.82) is 0 Å². The molecule has 3 fully saturated rings. The maximum Gasteiger partial charge on any atom is 0.0597 e. The maximum atomic E-state index is 9.95. The molecule has 0 amide bonds. The van der Waals surface area contributed by atoms with Crippen molar-refractivity contribution < 1.29 is 10.2 Å². The summed E-state index contributed by atoms with van der Waals surface area (Å²) in [7, 11) is 0. The highest BCUT2D eigenvalue weighted by Crippen LogP contribution is 2.46. The molecule has 0 aromatic rings. The number of aliphatic hydroxyl groups is 2. The van der Waals surface area contributed by atoms with E-state index in [-0.39, 0.29) is 12.2 Å². The SMILES string of the molecule is C=CC[C@H]1CC(C)(C)C[C@@H](C)[C@@H]1C.C=CC[C@H]1CC(C)(C)C[C@@H](C)[C@@H]1O.C=CC[C@H]1CC(C)(C)C[C@@H](O)[C@@H]1C. The van der Waals surface area contributed by atoms with E-state index in [1.54, 1.807) is 0 Å². The molecule has 9 atom stereocenters. The van der Waals surface area contributed by atoms with Crippen molar-refractivity contribution in [2.75, 3.05) is 0 Å². The van der Waals surface area contributed by atoms with Gasteiger partial charge in [0, 0.05) is 0 Å². The standard InChI is InChI=1S/C13H24.2C12H22O/c1-6-7-12-9-13(4,5)8-10(2)11(12)3;1-5-6-10-7-12(3,4)8-11(13)9(10)2;1-5-6-10-8-12(3,4)7-9(2)11(10)13/h6,10-12H,1,7-9H2,2-5H3;2*5,9-11,13H,1,6-8H2,2-4H3/t10-,11+,12+;9-,10+,11-;9-,10+,11+/m111/s1. The highest BCUT2D eigenvalue weighted by atomic mass is 16.3. The first-order chi connectivity index (χ1) is 17.9. The molecule has 0 saturated heterocycles. The van der Waals surface area contributed by atoms with Gasteiger partial charge in [0.25, 0.3) is 0 Å². The zero-order valence-electron chi connectivity index (χ0n) is 27.8. The lowest BCUT2D eigenvalue weighted by Crippen LogP contribution is -2.39. The van der Waals surface area contributed by atoms with Crippen LogP contribution in [0.3, 0.4) is 0 Å². The van der Waals surface area contributed by atoms with Gasteiger partial charge in [-0.15, -0.1) is 19.7 Å². The molecule has 0 aromatic heterocycles. The second-order valence-corrected chi connectivity index (χ2v) is 16.3. The van der Waals surface area contributed by atoms with E-state index in [1.165, 1.54) is 25.7 Å². The van der Waals surface area contributed by atoms with Gasteiger partial charge >= 0.3 is 0 Å². The Balaban J connectivity index is 0.000000292. The molecule has 0 unspecified atom stereocenters. The molecule has 3 aliphatic carbocycles. The summed E-state index contributed by atoms with van der Waals surface area (Å²) in [5.74, 6) is 4.56. The van der Waals surface area contributed by atoms with Crippen LogP contribution in [0.15, 0.2) is 38.0 Å². The van der Waals surface area contributed by atoms with E-state index in [4.69, 9.17) is 0 Å². The molecule has 2 N–H and O–H groups in total. The van der Waals surface area contributed by atoms with Crippen molar-refractivity contribution in [3.63, 3.8) is 0 Å². The molecule has 0 aliphatic heterocycles. The molecule has 0 aromatic carbocycles. The van der Waals surface area contributed by atoms with E-state index < -0.39 is 0 Å². The quantitative estimate of drug-likeness (QED) is 0.326. The molecule has 0 spiro atoms. The minimum atomic E-state index is -0.119. The Labute approximate surface area is 244 Å². The van der Waals surface area contributed by atoms with Gasteiger partial charge in [0.15, 0.2) is 0 Å². The summed E-state index contributed by atoms with van der Waals surface area (Å²) < 4.78 is 0. The monoisotopic (exact) mass is 545 g/mol. The van der Waals surface area contributed by atoms with Gasteiger partial charge in [-0.3, -0.25) is 0 Å². The van der Waals surface area contributed by atoms with E-state index in [9.17, 15) is 10.2 Å². The van der Waals surface area contributed by atoms with Gasteiger partial charge in [-0.1, -0.05) is 87.5 Å². The van der Waals surface area contributed by atoms with Gasteiger partial charge in [0.05, 0.1) is 12.2 Å².